The van der Waals surface area contributed by atoms with Crippen LogP contribution in [0.15, 0.2) is 22.5 Å². The smallest absolute Gasteiger partial charge is 0.192 e. The maximum Gasteiger partial charge on any atom is 0.192 e. The number of fused-ring (bicyclic) bond motifs is 2. The molecule has 2 N–H and O–H groups in total. The second-order valence-electron chi connectivity index (χ2n) is 6.52. The molecule has 4 nitrogen and oxygen atoms in total. The molecule has 4 heterocycles. The molecule has 3 aliphatic rings. The van der Waals surface area contributed by atoms with Crippen LogP contribution in [0.4, 0.5) is 0 Å². The Kier molecular flexibility index (Phi) is 2.82. The highest BCUT2D eigenvalue weighted by molar-refractivity contribution is 7.09. The van der Waals surface area contributed by atoms with Crippen molar-refractivity contribution in [3.63, 3.8) is 0 Å². The van der Waals surface area contributed by atoms with Gasteiger partial charge in [-0.15, -0.1) is 11.3 Å². The summed E-state index contributed by atoms with van der Waals surface area (Å²) in [5, 5.41) is 2.14. The molecule has 4 rings (SSSR count). The Balaban J connectivity index is 1.61. The summed E-state index contributed by atoms with van der Waals surface area (Å²) in [6, 6.07) is 5.77. The SMILES string of the molecule is CN1C2CCC1CC1(CN=C(N)N1Cc1cccs1)C2. The van der Waals surface area contributed by atoms with E-state index in [-0.39, 0.29) is 5.54 Å². The van der Waals surface area contributed by atoms with Crippen LogP contribution in [0, 0.1) is 0 Å². The lowest BCUT2D eigenvalue weighted by Crippen LogP contribution is -2.59. The lowest BCUT2D eigenvalue weighted by atomic mass is 9.82. The van der Waals surface area contributed by atoms with Crippen LogP contribution in [0.3, 0.4) is 0 Å². The van der Waals surface area contributed by atoms with Crippen molar-refractivity contribution in [3.8, 4) is 0 Å². The van der Waals surface area contributed by atoms with E-state index in [1.165, 1.54) is 30.6 Å². The number of piperidine rings is 1. The van der Waals surface area contributed by atoms with Crippen molar-refractivity contribution in [1.82, 2.24) is 9.80 Å². The van der Waals surface area contributed by atoms with Gasteiger partial charge in [0.2, 0.25) is 0 Å². The van der Waals surface area contributed by atoms with E-state index in [9.17, 15) is 0 Å². The van der Waals surface area contributed by atoms with Crippen LogP contribution >= 0.6 is 11.3 Å². The van der Waals surface area contributed by atoms with E-state index in [4.69, 9.17) is 5.73 Å². The summed E-state index contributed by atoms with van der Waals surface area (Å²) >= 11 is 1.81. The van der Waals surface area contributed by atoms with Gasteiger partial charge in [0.25, 0.3) is 0 Å². The number of rotatable bonds is 2. The zero-order chi connectivity index (χ0) is 13.7. The van der Waals surface area contributed by atoms with Crippen molar-refractivity contribution in [2.24, 2.45) is 10.7 Å². The number of thiophene rings is 1. The summed E-state index contributed by atoms with van der Waals surface area (Å²) in [5.41, 5.74) is 6.40. The van der Waals surface area contributed by atoms with Gasteiger partial charge in [-0.25, -0.2) is 0 Å². The first-order valence-corrected chi connectivity index (χ1v) is 8.38. The van der Waals surface area contributed by atoms with Crippen LogP contribution in [0.5, 0.6) is 0 Å². The molecule has 5 heteroatoms. The maximum atomic E-state index is 6.21. The highest BCUT2D eigenvalue weighted by Gasteiger charge is 2.52. The van der Waals surface area contributed by atoms with Gasteiger partial charge in [0.15, 0.2) is 5.96 Å². The third-order valence-corrected chi connectivity index (χ3v) is 6.36. The summed E-state index contributed by atoms with van der Waals surface area (Å²) in [5.74, 6) is 0.752. The highest BCUT2D eigenvalue weighted by atomic mass is 32.1. The van der Waals surface area contributed by atoms with Gasteiger partial charge in [-0.2, -0.15) is 0 Å². The van der Waals surface area contributed by atoms with Crippen LogP contribution in [0.1, 0.15) is 30.6 Å². The summed E-state index contributed by atoms with van der Waals surface area (Å²) < 4.78 is 0. The van der Waals surface area contributed by atoms with Gasteiger partial charge in [-0.05, 0) is 44.2 Å². The van der Waals surface area contributed by atoms with Gasteiger partial charge in [-0.3, -0.25) is 4.99 Å². The minimum absolute atomic E-state index is 0.187. The Labute approximate surface area is 124 Å². The molecule has 2 atom stereocenters. The molecule has 2 unspecified atom stereocenters. The van der Waals surface area contributed by atoms with Gasteiger partial charge in [-0.1, -0.05) is 6.07 Å². The monoisotopic (exact) mass is 290 g/mol. The summed E-state index contributed by atoms with van der Waals surface area (Å²) in [7, 11) is 2.29. The van der Waals surface area contributed by atoms with E-state index in [0.29, 0.717) is 0 Å². The topological polar surface area (TPSA) is 44.9 Å². The highest BCUT2D eigenvalue weighted by Crippen LogP contribution is 2.45. The Morgan fingerprint density at radius 1 is 1.40 bits per heavy atom. The van der Waals surface area contributed by atoms with E-state index in [0.717, 1.165) is 31.1 Å². The molecule has 1 aromatic rings. The summed E-state index contributed by atoms with van der Waals surface area (Å²) in [4.78, 5) is 11.0. The maximum absolute atomic E-state index is 6.21. The normalized spacial score (nSPS) is 36.9. The molecule has 0 amide bonds. The predicted octanol–water partition coefficient (Wildman–Crippen LogP) is 1.87. The molecule has 0 aliphatic carbocycles. The standard InChI is InChI=1S/C15H22N4S/c1-18-11-4-5-12(18)8-15(7-11)10-17-14(16)19(15)9-13-3-2-6-20-13/h2-3,6,11-12H,4-5,7-10H2,1H3,(H2,16,17). The number of hydrogen-bond acceptors (Lipinski definition) is 5. The van der Waals surface area contributed by atoms with Gasteiger partial charge < -0.3 is 15.5 Å². The van der Waals surface area contributed by atoms with Gasteiger partial charge >= 0.3 is 0 Å². The zero-order valence-corrected chi connectivity index (χ0v) is 12.8. The van der Waals surface area contributed by atoms with E-state index in [2.05, 4.69) is 39.4 Å². The third-order valence-electron chi connectivity index (χ3n) is 5.49. The predicted molar refractivity (Wildman–Crippen MR) is 82.9 cm³/mol. The number of nitrogens with two attached hydrogens (primary N) is 1. The first kappa shape index (κ1) is 12.7. The Bertz CT molecular complexity index is 510. The van der Waals surface area contributed by atoms with Crippen LogP contribution in [-0.4, -0.2) is 47.0 Å². The number of hydrogen-bond donors (Lipinski definition) is 1. The Morgan fingerprint density at radius 3 is 2.80 bits per heavy atom. The summed E-state index contributed by atoms with van der Waals surface area (Å²) in [6.45, 7) is 1.82. The minimum Gasteiger partial charge on any atom is -0.370 e. The van der Waals surface area contributed by atoms with Crippen molar-refractivity contribution >= 4 is 17.3 Å². The fourth-order valence-corrected chi connectivity index (χ4v) is 5.03. The largest absolute Gasteiger partial charge is 0.370 e. The Morgan fingerprint density at radius 2 is 2.15 bits per heavy atom. The number of nitrogens with zero attached hydrogens (tertiary/aromatic N) is 3. The molecular formula is C15H22N4S. The van der Waals surface area contributed by atoms with Gasteiger partial charge in [0.05, 0.1) is 18.6 Å². The van der Waals surface area contributed by atoms with Crippen molar-refractivity contribution in [3.05, 3.63) is 22.4 Å². The van der Waals surface area contributed by atoms with Crippen molar-refractivity contribution in [2.75, 3.05) is 13.6 Å². The van der Waals surface area contributed by atoms with Crippen molar-refractivity contribution in [2.45, 2.75) is 49.9 Å². The van der Waals surface area contributed by atoms with Crippen LogP contribution in [0.2, 0.25) is 0 Å². The van der Waals surface area contributed by atoms with Crippen molar-refractivity contribution < 1.29 is 0 Å². The molecule has 0 saturated carbocycles. The lowest BCUT2D eigenvalue weighted by molar-refractivity contribution is 0.0471. The first-order valence-electron chi connectivity index (χ1n) is 7.50. The van der Waals surface area contributed by atoms with E-state index in [1.807, 2.05) is 11.3 Å². The van der Waals surface area contributed by atoms with E-state index in [1.54, 1.807) is 0 Å². The molecule has 20 heavy (non-hydrogen) atoms. The van der Waals surface area contributed by atoms with Crippen LogP contribution < -0.4 is 5.73 Å². The molecule has 0 radical (unpaired) electrons. The van der Waals surface area contributed by atoms with E-state index >= 15 is 0 Å². The molecule has 108 valence electrons. The van der Waals surface area contributed by atoms with Crippen LogP contribution in [-0.2, 0) is 6.54 Å². The van der Waals surface area contributed by atoms with Gasteiger partial charge in [0, 0.05) is 17.0 Å². The van der Waals surface area contributed by atoms with Gasteiger partial charge in [0.1, 0.15) is 0 Å². The molecule has 3 aliphatic heterocycles. The number of aliphatic imine (C=N–C) groups is 1. The molecule has 2 saturated heterocycles. The molecular weight excluding hydrogens is 268 g/mol. The first-order chi connectivity index (χ1) is 9.68. The van der Waals surface area contributed by atoms with E-state index < -0.39 is 0 Å². The molecule has 2 fully saturated rings. The molecule has 2 bridgehead atoms. The average molecular weight is 290 g/mol. The third kappa shape index (κ3) is 1.79. The average Bonchev–Trinajstić information content (AvgIpc) is 3.08. The Hall–Kier alpha value is -1.07. The van der Waals surface area contributed by atoms with Crippen LogP contribution in [0.25, 0.3) is 0 Å². The molecule has 1 spiro atoms. The molecule has 0 aromatic carbocycles. The molecule has 1 aromatic heterocycles. The quantitative estimate of drug-likeness (QED) is 0.904. The number of guanidine groups is 1. The fourth-order valence-electron chi connectivity index (χ4n) is 4.34. The van der Waals surface area contributed by atoms with Crippen molar-refractivity contribution in [1.29, 1.82) is 0 Å². The minimum atomic E-state index is 0.187. The lowest BCUT2D eigenvalue weighted by Gasteiger charge is -2.48. The second kappa shape index (κ2) is 4.46. The fraction of sp³-hybridized carbons (Fsp3) is 0.667. The second-order valence-corrected chi connectivity index (χ2v) is 7.56. The zero-order valence-electron chi connectivity index (χ0n) is 12.0. The summed E-state index contributed by atoms with van der Waals surface area (Å²) in [6.07, 6.45) is 5.12.